The van der Waals surface area contributed by atoms with E-state index in [1.54, 1.807) is 6.07 Å². The van der Waals surface area contributed by atoms with E-state index >= 15 is 0 Å². The topological polar surface area (TPSA) is 37.3 Å². The van der Waals surface area contributed by atoms with Crippen LogP contribution < -0.4 is 0 Å². The van der Waals surface area contributed by atoms with Crippen LogP contribution in [-0.4, -0.2) is 11.4 Å². The lowest BCUT2D eigenvalue weighted by molar-refractivity contribution is 0.112. The van der Waals surface area contributed by atoms with Gasteiger partial charge in [-0.05, 0) is 44.0 Å². The Hall–Kier alpha value is -0.350. The molecule has 0 aliphatic heterocycles. The number of benzene rings is 1. The smallest absolute Gasteiger partial charge is 0.154 e. The summed E-state index contributed by atoms with van der Waals surface area (Å²) in [6.45, 7) is 0. The van der Waals surface area contributed by atoms with Gasteiger partial charge in [-0.15, -0.1) is 0 Å². The highest BCUT2D eigenvalue weighted by Crippen LogP contribution is 2.31. The number of halogens is 2. The number of carbonyl (C=O) groups excluding carboxylic acids is 1. The summed E-state index contributed by atoms with van der Waals surface area (Å²) in [5, 5.41) is 9.13. The van der Waals surface area contributed by atoms with Gasteiger partial charge in [0.15, 0.2) is 6.29 Å². The minimum atomic E-state index is -0.0184. The van der Waals surface area contributed by atoms with Crippen LogP contribution in [0.15, 0.2) is 21.1 Å². The largest absolute Gasteiger partial charge is 0.507 e. The molecule has 1 N–H and O–H groups in total. The van der Waals surface area contributed by atoms with Gasteiger partial charge in [-0.25, -0.2) is 0 Å². The second-order valence-electron chi connectivity index (χ2n) is 1.91. The third kappa shape index (κ3) is 1.62. The molecule has 0 bridgehead atoms. The van der Waals surface area contributed by atoms with Gasteiger partial charge in [-0.3, -0.25) is 4.79 Å². The maximum absolute atomic E-state index is 10.4. The number of hydrogen-bond acceptors (Lipinski definition) is 2. The van der Waals surface area contributed by atoms with Crippen molar-refractivity contribution in [2.75, 3.05) is 0 Å². The minimum absolute atomic E-state index is 0.0184. The van der Waals surface area contributed by atoms with E-state index in [-0.39, 0.29) is 11.3 Å². The van der Waals surface area contributed by atoms with Crippen molar-refractivity contribution in [1.82, 2.24) is 0 Å². The molecule has 0 unspecified atom stereocenters. The number of rotatable bonds is 1. The number of aromatic hydroxyl groups is 1. The molecule has 0 saturated heterocycles. The minimum Gasteiger partial charge on any atom is -0.507 e. The summed E-state index contributed by atoms with van der Waals surface area (Å²) in [5.41, 5.74) is 0.263. The van der Waals surface area contributed by atoms with Gasteiger partial charge in [0.05, 0.1) is 5.56 Å². The summed E-state index contributed by atoms with van der Waals surface area (Å²) in [6.07, 6.45) is 0.601. The van der Waals surface area contributed by atoms with Crippen molar-refractivity contribution in [3.8, 4) is 5.75 Å². The van der Waals surface area contributed by atoms with Crippen LogP contribution in [-0.2, 0) is 0 Å². The monoisotopic (exact) mass is 278 g/mol. The van der Waals surface area contributed by atoms with Crippen LogP contribution in [0.3, 0.4) is 0 Å². The Morgan fingerprint density at radius 1 is 1.36 bits per heavy atom. The molecule has 2 nitrogen and oxygen atoms in total. The first kappa shape index (κ1) is 8.74. The average molecular weight is 280 g/mol. The number of phenols is 1. The lowest BCUT2D eigenvalue weighted by Gasteiger charge is -2.00. The Labute approximate surface area is 80.5 Å². The third-order valence-corrected chi connectivity index (χ3v) is 3.27. The fourth-order valence-electron chi connectivity index (χ4n) is 0.668. The van der Waals surface area contributed by atoms with Crippen molar-refractivity contribution in [3.05, 3.63) is 26.6 Å². The fraction of sp³-hybridized carbons (Fsp3) is 0. The molecule has 58 valence electrons. The Morgan fingerprint density at radius 3 is 2.45 bits per heavy atom. The molecule has 1 aromatic carbocycles. The Balaban J connectivity index is 3.40. The molecular formula is C7H4Br2O2. The standard InChI is InChI=1S/C7H4Br2O2/c8-5-1-2-6(11)4(3-10)7(5)9/h1-3,11H. The van der Waals surface area contributed by atoms with Crippen LogP contribution in [0.25, 0.3) is 0 Å². The van der Waals surface area contributed by atoms with Crippen LogP contribution in [0.1, 0.15) is 10.4 Å². The fourth-order valence-corrected chi connectivity index (χ4v) is 1.44. The molecule has 4 heteroatoms. The van der Waals surface area contributed by atoms with Gasteiger partial charge in [-0.1, -0.05) is 0 Å². The number of phenolic OH excluding ortho intramolecular Hbond substituents is 1. The lowest BCUT2D eigenvalue weighted by Crippen LogP contribution is -1.83. The highest BCUT2D eigenvalue weighted by atomic mass is 79.9. The van der Waals surface area contributed by atoms with E-state index in [9.17, 15) is 4.79 Å². The second kappa shape index (κ2) is 3.36. The zero-order chi connectivity index (χ0) is 8.43. The molecular weight excluding hydrogens is 276 g/mol. The first-order valence-corrected chi connectivity index (χ1v) is 4.37. The van der Waals surface area contributed by atoms with Crippen molar-refractivity contribution < 1.29 is 9.90 Å². The van der Waals surface area contributed by atoms with Gasteiger partial charge < -0.3 is 5.11 Å². The first-order chi connectivity index (χ1) is 5.16. The van der Waals surface area contributed by atoms with E-state index in [1.165, 1.54) is 6.07 Å². The molecule has 0 aliphatic rings. The van der Waals surface area contributed by atoms with Crippen molar-refractivity contribution in [2.24, 2.45) is 0 Å². The normalized spacial score (nSPS) is 9.64. The van der Waals surface area contributed by atoms with Crippen molar-refractivity contribution >= 4 is 38.1 Å². The summed E-state index contributed by atoms with van der Waals surface area (Å²) in [5.74, 6) is -0.0184. The Morgan fingerprint density at radius 2 is 2.00 bits per heavy atom. The highest BCUT2D eigenvalue weighted by molar-refractivity contribution is 9.13. The SMILES string of the molecule is O=Cc1c(O)ccc(Br)c1Br. The summed E-state index contributed by atoms with van der Waals surface area (Å²) < 4.78 is 1.32. The molecule has 0 amide bonds. The molecule has 11 heavy (non-hydrogen) atoms. The van der Waals surface area contributed by atoms with Crippen LogP contribution in [0.2, 0.25) is 0 Å². The van der Waals surface area contributed by atoms with Crippen LogP contribution in [0, 0.1) is 0 Å². The van der Waals surface area contributed by atoms with E-state index in [4.69, 9.17) is 5.11 Å². The second-order valence-corrected chi connectivity index (χ2v) is 3.56. The van der Waals surface area contributed by atoms with E-state index in [2.05, 4.69) is 31.9 Å². The number of carbonyl (C=O) groups is 1. The lowest BCUT2D eigenvalue weighted by atomic mass is 10.2. The van der Waals surface area contributed by atoms with Gasteiger partial charge in [0.2, 0.25) is 0 Å². The third-order valence-electron chi connectivity index (χ3n) is 1.23. The number of hydrogen-bond donors (Lipinski definition) is 1. The van der Waals surface area contributed by atoms with E-state index < -0.39 is 0 Å². The van der Waals surface area contributed by atoms with E-state index in [0.29, 0.717) is 10.8 Å². The highest BCUT2D eigenvalue weighted by Gasteiger charge is 2.07. The molecule has 0 atom stereocenters. The van der Waals surface area contributed by atoms with Crippen LogP contribution in [0.4, 0.5) is 0 Å². The van der Waals surface area contributed by atoms with Gasteiger partial charge in [0, 0.05) is 8.95 Å². The average Bonchev–Trinajstić information content (AvgIpc) is 1.99. The maximum atomic E-state index is 10.4. The Bertz CT molecular complexity index is 297. The molecule has 0 saturated carbocycles. The van der Waals surface area contributed by atoms with Crippen molar-refractivity contribution in [2.45, 2.75) is 0 Å². The molecule has 0 fully saturated rings. The quantitative estimate of drug-likeness (QED) is 0.803. The van der Waals surface area contributed by atoms with Crippen molar-refractivity contribution in [3.63, 3.8) is 0 Å². The molecule has 0 aliphatic carbocycles. The van der Waals surface area contributed by atoms with Crippen molar-refractivity contribution in [1.29, 1.82) is 0 Å². The van der Waals surface area contributed by atoms with Gasteiger partial charge in [0.25, 0.3) is 0 Å². The summed E-state index contributed by atoms with van der Waals surface area (Å²) >= 11 is 6.36. The molecule has 1 rings (SSSR count). The Kier molecular flexibility index (Phi) is 2.67. The number of aldehydes is 1. The molecule has 0 heterocycles. The van der Waals surface area contributed by atoms with Crippen LogP contribution in [0.5, 0.6) is 5.75 Å². The molecule has 0 radical (unpaired) electrons. The summed E-state index contributed by atoms with van der Waals surface area (Å²) in [4.78, 5) is 10.4. The first-order valence-electron chi connectivity index (χ1n) is 2.79. The maximum Gasteiger partial charge on any atom is 0.154 e. The van der Waals surface area contributed by atoms with Gasteiger partial charge in [-0.2, -0.15) is 0 Å². The van der Waals surface area contributed by atoms with E-state index in [0.717, 1.165) is 4.47 Å². The molecule has 1 aromatic rings. The van der Waals surface area contributed by atoms with Gasteiger partial charge >= 0.3 is 0 Å². The van der Waals surface area contributed by atoms with Gasteiger partial charge in [0.1, 0.15) is 5.75 Å². The predicted molar refractivity (Wildman–Crippen MR) is 48.9 cm³/mol. The summed E-state index contributed by atoms with van der Waals surface area (Å²) in [7, 11) is 0. The van der Waals surface area contributed by atoms with Crippen LogP contribution >= 0.6 is 31.9 Å². The zero-order valence-corrected chi connectivity index (χ0v) is 8.52. The summed E-state index contributed by atoms with van der Waals surface area (Å²) in [6, 6.07) is 3.12. The zero-order valence-electron chi connectivity index (χ0n) is 5.34. The molecule has 0 aromatic heterocycles. The molecule has 0 spiro atoms. The van der Waals surface area contributed by atoms with E-state index in [1.807, 2.05) is 0 Å². The predicted octanol–water partition coefficient (Wildman–Crippen LogP) is 2.73.